The normalized spacial score (nSPS) is 18.2. The van der Waals surface area contributed by atoms with E-state index in [9.17, 15) is 4.79 Å². The molecule has 1 aliphatic heterocycles. The molecule has 22 heavy (non-hydrogen) atoms. The molecule has 4 nitrogen and oxygen atoms in total. The van der Waals surface area contributed by atoms with E-state index in [1.165, 1.54) is 6.42 Å². The minimum atomic E-state index is 0.0626. The zero-order chi connectivity index (χ0) is 16.1. The molecule has 1 atom stereocenters. The fourth-order valence-corrected chi connectivity index (χ4v) is 3.30. The number of hydrogen-bond donors (Lipinski definition) is 0. The zero-order valence-electron chi connectivity index (χ0n) is 13.5. The molecule has 2 rings (SSSR count). The molecular weight excluding hydrogens is 346 g/mol. The molecule has 1 unspecified atom stereocenters. The molecule has 1 heterocycles. The van der Waals surface area contributed by atoms with Gasteiger partial charge in [0.2, 0.25) is 0 Å². The Labute approximate surface area is 140 Å². The van der Waals surface area contributed by atoms with Crippen molar-refractivity contribution in [3.63, 3.8) is 0 Å². The number of nitrogens with zero attached hydrogens (tertiary/aromatic N) is 1. The Balaban J connectivity index is 2.24. The maximum absolute atomic E-state index is 12.7. The summed E-state index contributed by atoms with van der Waals surface area (Å²) in [5.41, 5.74) is 0.640. The molecule has 0 radical (unpaired) electrons. The number of benzene rings is 1. The minimum Gasteiger partial charge on any atom is -0.493 e. The summed E-state index contributed by atoms with van der Waals surface area (Å²) in [5.74, 6) is 1.88. The van der Waals surface area contributed by atoms with Crippen LogP contribution in [-0.4, -0.2) is 37.6 Å². The third-order valence-corrected chi connectivity index (χ3v) is 4.46. The molecule has 1 aromatic carbocycles. The average molecular weight is 370 g/mol. The molecule has 0 aromatic heterocycles. The fraction of sp³-hybridized carbons (Fsp3) is 0.588. The standard InChI is InChI=1S/C17H24BrNO3/c1-4-8-22-16-14(18)9-13(10-15(16)21-3)17(20)19-7-5-6-12(2)11-19/h9-10,12H,4-8,11H2,1-3H3. The second-order valence-corrected chi connectivity index (χ2v) is 6.69. The molecule has 1 aliphatic rings. The highest BCUT2D eigenvalue weighted by Crippen LogP contribution is 2.37. The first-order valence-corrected chi connectivity index (χ1v) is 8.65. The predicted octanol–water partition coefficient (Wildman–Crippen LogP) is 4.12. The predicted molar refractivity (Wildman–Crippen MR) is 90.8 cm³/mol. The van der Waals surface area contributed by atoms with Gasteiger partial charge in [0.1, 0.15) is 0 Å². The van der Waals surface area contributed by atoms with Gasteiger partial charge in [-0.15, -0.1) is 0 Å². The van der Waals surface area contributed by atoms with Crippen LogP contribution >= 0.6 is 15.9 Å². The van der Waals surface area contributed by atoms with Gasteiger partial charge in [0.05, 0.1) is 18.2 Å². The Morgan fingerprint density at radius 1 is 1.45 bits per heavy atom. The highest BCUT2D eigenvalue weighted by atomic mass is 79.9. The molecule has 1 saturated heterocycles. The quantitative estimate of drug-likeness (QED) is 0.783. The van der Waals surface area contributed by atoms with E-state index in [4.69, 9.17) is 9.47 Å². The first-order chi connectivity index (χ1) is 10.6. The molecule has 1 amide bonds. The van der Waals surface area contributed by atoms with Gasteiger partial charge in [-0.1, -0.05) is 13.8 Å². The molecule has 0 spiro atoms. The number of ether oxygens (including phenoxy) is 2. The molecule has 122 valence electrons. The monoisotopic (exact) mass is 369 g/mol. The summed E-state index contributed by atoms with van der Waals surface area (Å²) in [5, 5.41) is 0. The van der Waals surface area contributed by atoms with E-state index in [1.807, 2.05) is 11.0 Å². The van der Waals surface area contributed by atoms with Gasteiger partial charge in [0.15, 0.2) is 11.5 Å². The van der Waals surface area contributed by atoms with Gasteiger partial charge in [-0.3, -0.25) is 4.79 Å². The second kappa shape index (κ2) is 7.86. The molecule has 1 fully saturated rings. The van der Waals surface area contributed by atoms with Gasteiger partial charge in [-0.2, -0.15) is 0 Å². The molecule has 5 heteroatoms. The van der Waals surface area contributed by atoms with Gasteiger partial charge < -0.3 is 14.4 Å². The number of likely N-dealkylation sites (tertiary alicyclic amines) is 1. The van der Waals surface area contributed by atoms with Crippen molar-refractivity contribution in [3.05, 3.63) is 22.2 Å². The summed E-state index contributed by atoms with van der Waals surface area (Å²) >= 11 is 3.50. The molecule has 1 aromatic rings. The van der Waals surface area contributed by atoms with Crippen molar-refractivity contribution in [2.45, 2.75) is 33.1 Å². The van der Waals surface area contributed by atoms with Crippen LogP contribution in [0.5, 0.6) is 11.5 Å². The third-order valence-electron chi connectivity index (χ3n) is 3.87. The van der Waals surface area contributed by atoms with Crippen LogP contribution in [0.3, 0.4) is 0 Å². The molecule has 0 bridgehead atoms. The van der Waals surface area contributed by atoms with Crippen molar-refractivity contribution in [3.8, 4) is 11.5 Å². The van der Waals surface area contributed by atoms with Crippen LogP contribution < -0.4 is 9.47 Å². The van der Waals surface area contributed by atoms with Crippen molar-refractivity contribution in [1.29, 1.82) is 0 Å². The van der Waals surface area contributed by atoms with Crippen LogP contribution in [0.4, 0.5) is 0 Å². The van der Waals surface area contributed by atoms with E-state index in [0.29, 0.717) is 29.6 Å². The Bertz CT molecular complexity index is 533. The molecule has 0 N–H and O–H groups in total. The number of piperidine rings is 1. The van der Waals surface area contributed by atoms with Crippen LogP contribution in [0.1, 0.15) is 43.5 Å². The van der Waals surface area contributed by atoms with Crippen LogP contribution in [0.15, 0.2) is 16.6 Å². The SMILES string of the molecule is CCCOc1c(Br)cc(C(=O)N2CCCC(C)C2)cc1OC. The van der Waals surface area contributed by atoms with Gasteiger partial charge >= 0.3 is 0 Å². The van der Waals surface area contributed by atoms with Crippen molar-refractivity contribution in [2.24, 2.45) is 5.92 Å². The lowest BCUT2D eigenvalue weighted by Gasteiger charge is -2.31. The summed E-state index contributed by atoms with van der Waals surface area (Å²) in [6.07, 6.45) is 3.19. The van der Waals surface area contributed by atoms with Crippen molar-refractivity contribution in [1.82, 2.24) is 4.90 Å². The zero-order valence-corrected chi connectivity index (χ0v) is 15.1. The van der Waals surface area contributed by atoms with Crippen LogP contribution in [0.2, 0.25) is 0 Å². The molecule has 0 saturated carbocycles. The fourth-order valence-electron chi connectivity index (χ4n) is 2.74. The van der Waals surface area contributed by atoms with Crippen LogP contribution in [0, 0.1) is 5.92 Å². The Morgan fingerprint density at radius 2 is 2.23 bits per heavy atom. The molecule has 0 aliphatic carbocycles. The van der Waals surface area contributed by atoms with Crippen LogP contribution in [-0.2, 0) is 0 Å². The number of carbonyl (C=O) groups is 1. The van der Waals surface area contributed by atoms with Crippen molar-refractivity contribution >= 4 is 21.8 Å². The number of halogens is 1. The van der Waals surface area contributed by atoms with Gasteiger partial charge in [0, 0.05) is 18.7 Å². The third kappa shape index (κ3) is 3.94. The summed E-state index contributed by atoms with van der Waals surface area (Å²) in [6, 6.07) is 3.60. The maximum Gasteiger partial charge on any atom is 0.254 e. The highest BCUT2D eigenvalue weighted by Gasteiger charge is 2.24. The van der Waals surface area contributed by atoms with E-state index in [1.54, 1.807) is 13.2 Å². The number of methoxy groups -OCH3 is 1. The second-order valence-electron chi connectivity index (χ2n) is 5.84. The highest BCUT2D eigenvalue weighted by molar-refractivity contribution is 9.10. The Hall–Kier alpha value is -1.23. The number of amides is 1. The smallest absolute Gasteiger partial charge is 0.254 e. The lowest BCUT2D eigenvalue weighted by molar-refractivity contribution is 0.0682. The van der Waals surface area contributed by atoms with Gasteiger partial charge in [-0.25, -0.2) is 0 Å². The van der Waals surface area contributed by atoms with E-state index < -0.39 is 0 Å². The van der Waals surface area contributed by atoms with E-state index in [2.05, 4.69) is 29.8 Å². The Morgan fingerprint density at radius 3 is 2.86 bits per heavy atom. The van der Waals surface area contributed by atoms with Gasteiger partial charge in [0.25, 0.3) is 5.91 Å². The average Bonchev–Trinajstić information content (AvgIpc) is 2.52. The van der Waals surface area contributed by atoms with E-state index in [-0.39, 0.29) is 5.91 Å². The summed E-state index contributed by atoms with van der Waals surface area (Å²) < 4.78 is 11.9. The van der Waals surface area contributed by atoms with Gasteiger partial charge in [-0.05, 0) is 53.2 Å². The van der Waals surface area contributed by atoms with Crippen LogP contribution in [0.25, 0.3) is 0 Å². The number of rotatable bonds is 5. The minimum absolute atomic E-state index is 0.0626. The largest absolute Gasteiger partial charge is 0.493 e. The number of hydrogen-bond acceptors (Lipinski definition) is 3. The van der Waals surface area contributed by atoms with E-state index in [0.717, 1.165) is 30.4 Å². The number of carbonyl (C=O) groups excluding carboxylic acids is 1. The summed E-state index contributed by atoms with van der Waals surface area (Å²) in [6.45, 7) is 6.52. The molecular formula is C17H24BrNO3. The Kier molecular flexibility index (Phi) is 6.12. The van der Waals surface area contributed by atoms with E-state index >= 15 is 0 Å². The van der Waals surface area contributed by atoms with Crippen molar-refractivity contribution < 1.29 is 14.3 Å². The lowest BCUT2D eigenvalue weighted by atomic mass is 9.99. The summed E-state index contributed by atoms with van der Waals surface area (Å²) in [4.78, 5) is 14.6. The topological polar surface area (TPSA) is 38.8 Å². The first-order valence-electron chi connectivity index (χ1n) is 7.86. The maximum atomic E-state index is 12.7. The lowest BCUT2D eigenvalue weighted by Crippen LogP contribution is -2.39. The first kappa shape index (κ1) is 17.1. The summed E-state index contributed by atoms with van der Waals surface area (Å²) in [7, 11) is 1.60. The van der Waals surface area contributed by atoms with Crippen molar-refractivity contribution in [2.75, 3.05) is 26.8 Å².